The predicted molar refractivity (Wildman–Crippen MR) is 183 cm³/mol. The average molecular weight is 704 g/mol. The van der Waals surface area contributed by atoms with Crippen molar-refractivity contribution < 1.29 is 43.0 Å². The van der Waals surface area contributed by atoms with Gasteiger partial charge in [-0.15, -0.1) is 6.58 Å². The van der Waals surface area contributed by atoms with Gasteiger partial charge in [0, 0.05) is 25.4 Å². The number of nitrogens with zero attached hydrogens (tertiary/aromatic N) is 2. The highest BCUT2D eigenvalue weighted by molar-refractivity contribution is 7.54. The molecule has 0 bridgehead atoms. The highest BCUT2D eigenvalue weighted by Crippen LogP contribution is 2.67. The van der Waals surface area contributed by atoms with Crippen LogP contribution in [-0.2, 0) is 23.6 Å². The lowest BCUT2D eigenvalue weighted by Crippen LogP contribution is -2.58. The van der Waals surface area contributed by atoms with E-state index in [1.54, 1.807) is 26.8 Å². The van der Waals surface area contributed by atoms with Crippen LogP contribution in [0.15, 0.2) is 36.9 Å². The van der Waals surface area contributed by atoms with E-state index in [0.717, 1.165) is 63.7 Å². The molecule has 1 unspecified atom stereocenters. The zero-order valence-electron chi connectivity index (χ0n) is 28.6. The van der Waals surface area contributed by atoms with Crippen LogP contribution in [-0.4, -0.2) is 87.9 Å². The number of hydrogen-bond donors (Lipinski definition) is 5. The summed E-state index contributed by atoms with van der Waals surface area (Å²) in [7, 11) is -4.82. The number of alkyl carbamates (subject to hydrolysis) is 1. The third-order valence-electron chi connectivity index (χ3n) is 10.0. The highest BCUT2D eigenvalue weighted by atomic mass is 31.2. The van der Waals surface area contributed by atoms with Crippen LogP contribution in [0.2, 0.25) is 0 Å². The van der Waals surface area contributed by atoms with Crippen LogP contribution in [0.3, 0.4) is 0 Å². The second kappa shape index (κ2) is 14.7. The van der Waals surface area contributed by atoms with Crippen molar-refractivity contribution in [2.45, 2.75) is 108 Å². The predicted octanol–water partition coefficient (Wildman–Crippen LogP) is 4.47. The smallest absolute Gasteiger partial charge is 0.412 e. The van der Waals surface area contributed by atoms with Crippen LogP contribution in [0.4, 0.5) is 21.0 Å². The number of carbonyl (C=O) groups is 4. The normalized spacial score (nSPS) is 26.4. The zero-order valence-corrected chi connectivity index (χ0v) is 29.5. The van der Waals surface area contributed by atoms with Crippen molar-refractivity contribution in [3.63, 3.8) is 0 Å². The van der Waals surface area contributed by atoms with Crippen molar-refractivity contribution in [3.05, 3.63) is 36.9 Å². The lowest BCUT2D eigenvalue weighted by Gasteiger charge is -2.35. The van der Waals surface area contributed by atoms with E-state index in [-0.39, 0.29) is 25.5 Å². The molecular formula is C34H50N5O9P. The van der Waals surface area contributed by atoms with Gasteiger partial charge in [-0.25, -0.2) is 9.59 Å². The van der Waals surface area contributed by atoms with Crippen molar-refractivity contribution in [2.24, 2.45) is 11.3 Å². The number of nitrogens with one attached hydrogen (secondary N) is 3. The Morgan fingerprint density at radius 3 is 2.27 bits per heavy atom. The Kier molecular flexibility index (Phi) is 11.0. The Hall–Kier alpha value is -3.61. The average Bonchev–Trinajstić information content (AvgIpc) is 3.32. The summed E-state index contributed by atoms with van der Waals surface area (Å²) < 4.78 is 23.8. The Balaban J connectivity index is 1.35. The van der Waals surface area contributed by atoms with Gasteiger partial charge in [-0.3, -0.25) is 19.5 Å². The number of piperidine rings is 1. The molecule has 5 rings (SSSR count). The summed E-state index contributed by atoms with van der Waals surface area (Å²) in [6.45, 7) is 10.5. The van der Waals surface area contributed by atoms with Gasteiger partial charge in [-0.1, -0.05) is 39.0 Å². The summed E-state index contributed by atoms with van der Waals surface area (Å²) in [4.78, 5) is 78.0. The molecule has 5 N–H and O–H groups in total. The number of benzene rings is 1. The minimum absolute atomic E-state index is 0.00881. The molecule has 1 aromatic carbocycles. The van der Waals surface area contributed by atoms with E-state index in [0.29, 0.717) is 5.69 Å². The Labute approximate surface area is 287 Å². The van der Waals surface area contributed by atoms with E-state index in [1.165, 1.54) is 11.0 Å². The maximum Gasteiger partial charge on any atom is 0.412 e. The number of carbonyl (C=O) groups excluding carboxylic acids is 4. The van der Waals surface area contributed by atoms with Gasteiger partial charge in [-0.05, 0) is 68.9 Å². The lowest BCUT2D eigenvalue weighted by molar-refractivity contribution is -0.142. The Bertz CT molecular complexity index is 1470. The summed E-state index contributed by atoms with van der Waals surface area (Å²) >= 11 is 0. The van der Waals surface area contributed by atoms with E-state index in [2.05, 4.69) is 27.4 Å². The molecule has 2 aliphatic carbocycles. The van der Waals surface area contributed by atoms with Crippen LogP contribution in [0.25, 0.3) is 0 Å². The Morgan fingerprint density at radius 2 is 1.65 bits per heavy atom. The van der Waals surface area contributed by atoms with E-state index >= 15 is 0 Å². The standard InChI is InChI=1S/C34H50N5O9P/c1-5-22-20-34(22,49(44,45)46)37-29(40)27-19-24(48-31(42)35-25-15-9-10-16-26(25)38-17-11-6-12-18-38)21-39(27)30(41)28(33(2,3)4)36-32(43)47-23-13-7-8-14-23/h5,9-10,15-16,22-24,27-28H,1,6-8,11-14,17-21H2,2-4H3,(H,35,42)(H,36,43)(H,37,40)(H2,44,45,46)/t22?,24-,27+,28-,34+/m1/s1. The van der Waals surface area contributed by atoms with Gasteiger partial charge >= 0.3 is 19.8 Å². The van der Waals surface area contributed by atoms with E-state index in [1.807, 2.05) is 18.2 Å². The number of ether oxygens (including phenoxy) is 2. The molecule has 0 aromatic heterocycles. The number of rotatable bonds is 10. The summed E-state index contributed by atoms with van der Waals surface area (Å²) in [6, 6.07) is 5.04. The number of hydrogen-bond acceptors (Lipinski definition) is 8. The van der Waals surface area contributed by atoms with E-state index in [9.17, 15) is 33.5 Å². The van der Waals surface area contributed by atoms with Gasteiger partial charge in [0.1, 0.15) is 29.6 Å². The number of likely N-dealkylation sites (tertiary alicyclic amines) is 1. The van der Waals surface area contributed by atoms with E-state index < -0.39 is 66.4 Å². The SMILES string of the molecule is C=CC1C[C@]1(NC(=O)[C@@H]1C[C@@H](OC(=O)Nc2ccccc2N2CCCCC2)CN1C(=O)[C@@H](NC(=O)OC1CCCC1)C(C)(C)C)P(=O)(O)O. The molecule has 1 aromatic rings. The van der Waals surface area contributed by atoms with Crippen LogP contribution >= 0.6 is 7.60 Å². The monoisotopic (exact) mass is 703 g/mol. The molecule has 0 spiro atoms. The van der Waals surface area contributed by atoms with Gasteiger partial charge in [0.2, 0.25) is 11.8 Å². The second-order valence-electron chi connectivity index (χ2n) is 14.7. The van der Waals surface area contributed by atoms with Crippen molar-refractivity contribution in [3.8, 4) is 0 Å². The summed E-state index contributed by atoms with van der Waals surface area (Å²) in [5.41, 5.74) is 0.617. The van der Waals surface area contributed by atoms with Gasteiger partial charge < -0.3 is 39.7 Å². The molecule has 4 fully saturated rings. The molecule has 270 valence electrons. The maximum atomic E-state index is 14.3. The number of para-hydroxylation sites is 2. The Morgan fingerprint density at radius 1 is 1.00 bits per heavy atom. The molecule has 4 amide bonds. The first-order chi connectivity index (χ1) is 23.1. The minimum Gasteiger partial charge on any atom is -0.446 e. The largest absolute Gasteiger partial charge is 0.446 e. The molecule has 14 nitrogen and oxygen atoms in total. The molecule has 0 radical (unpaired) electrons. The zero-order chi connectivity index (χ0) is 35.6. The van der Waals surface area contributed by atoms with Gasteiger partial charge in [-0.2, -0.15) is 0 Å². The lowest BCUT2D eigenvalue weighted by atomic mass is 9.85. The molecule has 4 aliphatic rings. The van der Waals surface area contributed by atoms with E-state index in [4.69, 9.17) is 9.47 Å². The number of amides is 4. The fraction of sp³-hybridized carbons (Fsp3) is 0.647. The summed E-state index contributed by atoms with van der Waals surface area (Å²) in [5, 5.41) is 6.20. The second-order valence-corrected chi connectivity index (χ2v) is 16.6. The molecule has 2 saturated heterocycles. The van der Waals surface area contributed by atoms with Crippen molar-refractivity contribution in [1.82, 2.24) is 15.5 Å². The van der Waals surface area contributed by atoms with Crippen molar-refractivity contribution in [2.75, 3.05) is 29.9 Å². The summed E-state index contributed by atoms with van der Waals surface area (Å²) in [6.07, 6.45) is 5.19. The first-order valence-corrected chi connectivity index (χ1v) is 18.8. The van der Waals surface area contributed by atoms with Crippen molar-refractivity contribution in [1.29, 1.82) is 0 Å². The molecule has 5 atom stereocenters. The molecular weight excluding hydrogens is 653 g/mol. The van der Waals surface area contributed by atoms with Gasteiger partial charge in [0.05, 0.1) is 17.9 Å². The fourth-order valence-electron chi connectivity index (χ4n) is 7.18. The third-order valence-corrected chi connectivity index (χ3v) is 11.7. The quantitative estimate of drug-likeness (QED) is 0.172. The van der Waals surface area contributed by atoms with Gasteiger partial charge in [0.15, 0.2) is 0 Å². The molecule has 2 heterocycles. The topological polar surface area (TPSA) is 187 Å². The van der Waals surface area contributed by atoms with Crippen LogP contribution in [0.1, 0.15) is 78.6 Å². The summed E-state index contributed by atoms with van der Waals surface area (Å²) in [5.74, 6) is -2.07. The fourth-order valence-corrected chi connectivity index (χ4v) is 8.41. The van der Waals surface area contributed by atoms with Crippen molar-refractivity contribution >= 4 is 43.0 Å². The van der Waals surface area contributed by atoms with Gasteiger partial charge in [0.25, 0.3) is 0 Å². The van der Waals surface area contributed by atoms with Crippen LogP contribution < -0.4 is 20.9 Å². The molecule has 2 aliphatic heterocycles. The minimum atomic E-state index is -4.82. The van der Waals surface area contributed by atoms with Crippen LogP contribution in [0.5, 0.6) is 0 Å². The first-order valence-electron chi connectivity index (χ1n) is 17.2. The maximum absolute atomic E-state index is 14.3. The molecule has 15 heteroatoms. The molecule has 49 heavy (non-hydrogen) atoms. The first kappa shape index (κ1) is 36.7. The molecule has 2 saturated carbocycles. The number of anilines is 2. The third kappa shape index (κ3) is 8.41. The highest BCUT2D eigenvalue weighted by Gasteiger charge is 2.66. The van der Waals surface area contributed by atoms with Crippen LogP contribution in [0, 0.1) is 11.3 Å².